The molecule has 0 spiro atoms. The molecule has 1 unspecified atom stereocenters. The van der Waals surface area contributed by atoms with Gasteiger partial charge in [-0.15, -0.1) is 0 Å². The number of rotatable bonds is 2. The van der Waals surface area contributed by atoms with Crippen LogP contribution in [0.2, 0.25) is 0 Å². The summed E-state index contributed by atoms with van der Waals surface area (Å²) in [6, 6.07) is 9.94. The van der Waals surface area contributed by atoms with Crippen molar-refractivity contribution in [3.05, 3.63) is 47.9 Å². The first kappa shape index (κ1) is 15.1. The molecule has 1 aromatic heterocycles. The van der Waals surface area contributed by atoms with E-state index < -0.39 is 0 Å². The number of aromatic nitrogens is 2. The third-order valence-corrected chi connectivity index (χ3v) is 4.99. The molecule has 0 N–H and O–H groups in total. The number of carbonyl (C=O) groups excluding carboxylic acids is 1. The second-order valence-electron chi connectivity index (χ2n) is 6.79. The quantitative estimate of drug-likeness (QED) is 0.853. The Hall–Kier alpha value is -2.43. The van der Waals surface area contributed by atoms with Gasteiger partial charge in [-0.1, -0.05) is 25.1 Å². The summed E-state index contributed by atoms with van der Waals surface area (Å²) < 4.78 is 0. The van der Waals surface area contributed by atoms with Gasteiger partial charge in [-0.05, 0) is 36.8 Å². The van der Waals surface area contributed by atoms with Crippen LogP contribution in [0.15, 0.2) is 36.7 Å². The Labute approximate surface area is 142 Å². The molecule has 0 radical (unpaired) electrons. The van der Waals surface area contributed by atoms with Gasteiger partial charge >= 0.3 is 0 Å². The topological polar surface area (TPSA) is 49.3 Å². The summed E-state index contributed by atoms with van der Waals surface area (Å²) in [6.07, 6.45) is 4.86. The van der Waals surface area contributed by atoms with Crippen molar-refractivity contribution in [1.82, 2.24) is 9.97 Å². The van der Waals surface area contributed by atoms with Crippen LogP contribution in [0.1, 0.15) is 35.8 Å². The number of nitrogens with zero attached hydrogens (tertiary/aromatic N) is 4. The van der Waals surface area contributed by atoms with Gasteiger partial charge < -0.3 is 9.80 Å². The molecule has 2 aliphatic rings. The monoisotopic (exact) mass is 322 g/mol. The SMILES string of the molecule is CC1CCCN(c2cc(C(=O)N3CCc4ccccc43)ncn2)C1. The zero-order chi connectivity index (χ0) is 16.5. The molecule has 24 heavy (non-hydrogen) atoms. The predicted molar refractivity (Wildman–Crippen MR) is 94.5 cm³/mol. The summed E-state index contributed by atoms with van der Waals surface area (Å²) in [4.78, 5) is 25.7. The number of hydrogen-bond donors (Lipinski definition) is 0. The summed E-state index contributed by atoms with van der Waals surface area (Å²) in [6.45, 7) is 4.98. The Bertz CT molecular complexity index is 761. The molecule has 1 amide bonds. The van der Waals surface area contributed by atoms with Gasteiger partial charge in [0, 0.05) is 31.4 Å². The number of fused-ring (bicyclic) bond motifs is 1. The van der Waals surface area contributed by atoms with Crippen molar-refractivity contribution in [2.75, 3.05) is 29.4 Å². The van der Waals surface area contributed by atoms with Crippen LogP contribution in [-0.2, 0) is 6.42 Å². The Kier molecular flexibility index (Phi) is 3.92. The van der Waals surface area contributed by atoms with E-state index in [1.54, 1.807) is 0 Å². The van der Waals surface area contributed by atoms with Crippen molar-refractivity contribution < 1.29 is 4.79 Å². The van der Waals surface area contributed by atoms with Crippen molar-refractivity contribution in [3.8, 4) is 0 Å². The van der Waals surface area contributed by atoms with Gasteiger partial charge in [0.1, 0.15) is 17.8 Å². The minimum Gasteiger partial charge on any atom is -0.356 e. The maximum Gasteiger partial charge on any atom is 0.277 e. The third kappa shape index (κ3) is 2.75. The molecular formula is C19H22N4O. The zero-order valence-electron chi connectivity index (χ0n) is 14.0. The van der Waals surface area contributed by atoms with E-state index in [1.807, 2.05) is 29.2 Å². The Morgan fingerprint density at radius 1 is 1.21 bits per heavy atom. The molecule has 5 nitrogen and oxygen atoms in total. The van der Waals surface area contributed by atoms with E-state index in [-0.39, 0.29) is 5.91 Å². The molecule has 0 saturated carbocycles. The average Bonchev–Trinajstić information content (AvgIpc) is 3.05. The van der Waals surface area contributed by atoms with Gasteiger partial charge in [0.05, 0.1) is 0 Å². The normalized spacial score (nSPS) is 20.1. The lowest BCUT2D eigenvalue weighted by atomic mass is 10.0. The van der Waals surface area contributed by atoms with Gasteiger partial charge in [-0.2, -0.15) is 0 Å². The van der Waals surface area contributed by atoms with Crippen molar-refractivity contribution in [2.24, 2.45) is 5.92 Å². The van der Waals surface area contributed by atoms with Gasteiger partial charge in [0.2, 0.25) is 0 Å². The van der Waals surface area contributed by atoms with Gasteiger partial charge in [-0.25, -0.2) is 9.97 Å². The van der Waals surface area contributed by atoms with Gasteiger partial charge in [0.25, 0.3) is 5.91 Å². The second-order valence-corrected chi connectivity index (χ2v) is 6.79. The van der Waals surface area contributed by atoms with Crippen molar-refractivity contribution in [2.45, 2.75) is 26.2 Å². The fourth-order valence-electron chi connectivity index (χ4n) is 3.72. The van der Waals surface area contributed by atoms with Crippen LogP contribution in [0.4, 0.5) is 11.5 Å². The fraction of sp³-hybridized carbons (Fsp3) is 0.421. The maximum absolute atomic E-state index is 12.9. The smallest absolute Gasteiger partial charge is 0.277 e. The predicted octanol–water partition coefficient (Wildman–Crippen LogP) is 2.92. The van der Waals surface area contributed by atoms with E-state index >= 15 is 0 Å². The van der Waals surface area contributed by atoms with Crippen molar-refractivity contribution >= 4 is 17.4 Å². The van der Waals surface area contributed by atoms with E-state index in [1.165, 1.54) is 24.7 Å². The first-order chi connectivity index (χ1) is 11.7. The third-order valence-electron chi connectivity index (χ3n) is 4.99. The zero-order valence-corrected chi connectivity index (χ0v) is 14.0. The Morgan fingerprint density at radius 2 is 2.08 bits per heavy atom. The van der Waals surface area contributed by atoms with Crippen LogP contribution in [0.3, 0.4) is 0 Å². The minimum absolute atomic E-state index is 0.0337. The van der Waals surface area contributed by atoms with E-state index in [2.05, 4.69) is 27.9 Å². The number of carbonyl (C=O) groups is 1. The van der Waals surface area contributed by atoms with E-state index in [0.29, 0.717) is 11.6 Å². The van der Waals surface area contributed by atoms with Crippen LogP contribution in [0, 0.1) is 5.92 Å². The van der Waals surface area contributed by atoms with Crippen LogP contribution in [0.5, 0.6) is 0 Å². The molecule has 1 saturated heterocycles. The largest absolute Gasteiger partial charge is 0.356 e. The number of anilines is 2. The molecule has 2 aromatic rings. The molecule has 4 rings (SSSR count). The highest BCUT2D eigenvalue weighted by atomic mass is 16.2. The number of hydrogen-bond acceptors (Lipinski definition) is 4. The van der Waals surface area contributed by atoms with Crippen LogP contribution in [0.25, 0.3) is 0 Å². The molecule has 0 aliphatic carbocycles. The van der Waals surface area contributed by atoms with Crippen LogP contribution >= 0.6 is 0 Å². The highest BCUT2D eigenvalue weighted by molar-refractivity contribution is 6.06. The second kappa shape index (κ2) is 6.23. The van der Waals surface area contributed by atoms with Gasteiger partial charge in [-0.3, -0.25) is 4.79 Å². The van der Waals surface area contributed by atoms with Crippen LogP contribution < -0.4 is 9.80 Å². The molecule has 1 atom stereocenters. The number of piperidine rings is 1. The summed E-state index contributed by atoms with van der Waals surface area (Å²) in [7, 11) is 0. The molecule has 1 aromatic carbocycles. The minimum atomic E-state index is -0.0337. The summed E-state index contributed by atoms with van der Waals surface area (Å²) >= 11 is 0. The molecule has 2 aliphatic heterocycles. The Balaban J connectivity index is 1.59. The highest BCUT2D eigenvalue weighted by Gasteiger charge is 2.27. The number of amides is 1. The number of para-hydroxylation sites is 1. The molecule has 0 bridgehead atoms. The standard InChI is InChI=1S/C19H22N4O/c1-14-5-4-9-22(12-14)18-11-16(20-13-21-18)19(24)23-10-8-15-6-2-3-7-17(15)23/h2-3,6-7,11,13-14H,4-5,8-10,12H2,1H3. The average molecular weight is 322 g/mol. The van der Waals surface area contributed by atoms with Gasteiger partial charge in [0.15, 0.2) is 0 Å². The molecule has 3 heterocycles. The Morgan fingerprint density at radius 3 is 2.96 bits per heavy atom. The van der Waals surface area contributed by atoms with E-state index in [9.17, 15) is 4.79 Å². The fourth-order valence-corrected chi connectivity index (χ4v) is 3.72. The van der Waals surface area contributed by atoms with E-state index in [4.69, 9.17) is 0 Å². The number of benzene rings is 1. The molecule has 5 heteroatoms. The highest BCUT2D eigenvalue weighted by Crippen LogP contribution is 2.29. The van der Waals surface area contributed by atoms with E-state index in [0.717, 1.165) is 37.6 Å². The lowest BCUT2D eigenvalue weighted by molar-refractivity contribution is 0.0984. The van der Waals surface area contributed by atoms with Crippen molar-refractivity contribution in [1.29, 1.82) is 0 Å². The summed E-state index contributed by atoms with van der Waals surface area (Å²) in [5.41, 5.74) is 2.72. The molecule has 124 valence electrons. The van der Waals surface area contributed by atoms with Crippen molar-refractivity contribution in [3.63, 3.8) is 0 Å². The summed E-state index contributed by atoms with van der Waals surface area (Å²) in [5.74, 6) is 1.50. The lowest BCUT2D eigenvalue weighted by Gasteiger charge is -2.31. The first-order valence-electron chi connectivity index (χ1n) is 8.69. The first-order valence-corrected chi connectivity index (χ1v) is 8.69. The maximum atomic E-state index is 12.9. The summed E-state index contributed by atoms with van der Waals surface area (Å²) in [5, 5.41) is 0. The molecule has 1 fully saturated rings. The molecular weight excluding hydrogens is 300 g/mol. The lowest BCUT2D eigenvalue weighted by Crippen LogP contribution is -2.35. The van der Waals surface area contributed by atoms with Crippen LogP contribution in [-0.4, -0.2) is 35.5 Å².